The van der Waals surface area contributed by atoms with Gasteiger partial charge in [0.15, 0.2) is 0 Å². The zero-order valence-electron chi connectivity index (χ0n) is 11.1. The summed E-state index contributed by atoms with van der Waals surface area (Å²) in [4.78, 5) is 4.06. The Morgan fingerprint density at radius 1 is 1.44 bits per heavy atom. The highest BCUT2D eigenvalue weighted by Gasteiger charge is 2.28. The van der Waals surface area contributed by atoms with Crippen LogP contribution in [0, 0.1) is 5.92 Å². The lowest BCUT2D eigenvalue weighted by atomic mass is 9.83. The molecule has 2 atom stereocenters. The van der Waals surface area contributed by atoms with E-state index in [2.05, 4.69) is 39.2 Å². The molecule has 2 nitrogen and oxygen atoms in total. The lowest BCUT2D eigenvalue weighted by Gasteiger charge is -2.39. The maximum Gasteiger partial charge on any atom is 0.0342 e. The molecule has 102 valence electrons. The molecule has 2 rings (SSSR count). The molecule has 0 radical (unpaired) electrons. The van der Waals surface area contributed by atoms with Crippen LogP contribution in [-0.4, -0.2) is 24.0 Å². The third-order valence-corrected chi connectivity index (χ3v) is 6.00. The van der Waals surface area contributed by atoms with E-state index in [1.165, 1.54) is 35.0 Å². The predicted molar refractivity (Wildman–Crippen MR) is 82.9 cm³/mol. The Balaban J connectivity index is 2.05. The van der Waals surface area contributed by atoms with Gasteiger partial charge in [-0.05, 0) is 59.2 Å². The van der Waals surface area contributed by atoms with Crippen molar-refractivity contribution < 1.29 is 0 Å². The van der Waals surface area contributed by atoms with Crippen molar-refractivity contribution in [2.24, 2.45) is 11.7 Å². The van der Waals surface area contributed by atoms with Crippen LogP contribution in [0.5, 0.6) is 0 Å². The molecule has 0 aliphatic heterocycles. The molecule has 1 fully saturated rings. The number of halogens is 1. The molecule has 1 aliphatic carbocycles. The van der Waals surface area contributed by atoms with Crippen LogP contribution in [-0.2, 0) is 6.54 Å². The van der Waals surface area contributed by atoms with Crippen LogP contribution in [0.3, 0.4) is 0 Å². The summed E-state index contributed by atoms with van der Waals surface area (Å²) in [5, 5.41) is 2.16. The Bertz CT molecular complexity index is 366. The van der Waals surface area contributed by atoms with E-state index < -0.39 is 0 Å². The maximum atomic E-state index is 5.96. The first-order chi connectivity index (χ1) is 8.76. The summed E-state index contributed by atoms with van der Waals surface area (Å²) in [7, 11) is 0. The predicted octanol–water partition coefficient (Wildman–Crippen LogP) is 3.85. The Morgan fingerprint density at radius 2 is 2.22 bits per heavy atom. The van der Waals surface area contributed by atoms with Crippen LogP contribution in [0.25, 0.3) is 0 Å². The van der Waals surface area contributed by atoms with Crippen LogP contribution in [0.2, 0.25) is 0 Å². The highest BCUT2D eigenvalue weighted by Crippen LogP contribution is 2.31. The molecule has 1 aliphatic rings. The van der Waals surface area contributed by atoms with Gasteiger partial charge in [-0.25, -0.2) is 0 Å². The van der Waals surface area contributed by atoms with Crippen molar-refractivity contribution in [1.82, 2.24) is 4.90 Å². The maximum absolute atomic E-state index is 5.96. The number of thiophene rings is 1. The lowest BCUT2D eigenvalue weighted by molar-refractivity contribution is 0.106. The second kappa shape index (κ2) is 7.04. The van der Waals surface area contributed by atoms with Gasteiger partial charge in [0.1, 0.15) is 0 Å². The molecule has 0 aromatic carbocycles. The fourth-order valence-electron chi connectivity index (χ4n) is 3.03. The normalized spacial score (nSPS) is 24.7. The highest BCUT2D eigenvalue weighted by molar-refractivity contribution is 9.10. The molecule has 1 aromatic heterocycles. The van der Waals surface area contributed by atoms with Crippen molar-refractivity contribution in [3.63, 3.8) is 0 Å². The Hall–Kier alpha value is 0.1000. The average molecular weight is 331 g/mol. The van der Waals surface area contributed by atoms with Crippen LogP contribution < -0.4 is 5.73 Å². The van der Waals surface area contributed by atoms with Crippen LogP contribution in [0.1, 0.15) is 37.5 Å². The third kappa shape index (κ3) is 3.35. The van der Waals surface area contributed by atoms with Crippen molar-refractivity contribution in [1.29, 1.82) is 0 Å². The molecule has 1 saturated carbocycles. The topological polar surface area (TPSA) is 29.3 Å². The fourth-order valence-corrected chi connectivity index (χ4v) is 4.53. The Morgan fingerprint density at radius 3 is 2.83 bits per heavy atom. The molecule has 1 aromatic rings. The van der Waals surface area contributed by atoms with E-state index in [0.29, 0.717) is 12.0 Å². The standard InChI is InChI=1S/C14H23BrN2S/c1-2-17(10-14-12(15)7-8-18-14)13-6-4-3-5-11(13)9-16/h7-8,11,13H,2-6,9-10,16H2,1H3. The van der Waals surface area contributed by atoms with Gasteiger partial charge < -0.3 is 5.73 Å². The zero-order chi connectivity index (χ0) is 13.0. The minimum Gasteiger partial charge on any atom is -0.330 e. The molecule has 0 amide bonds. The fraction of sp³-hybridized carbons (Fsp3) is 0.714. The minimum atomic E-state index is 0.683. The molecule has 2 unspecified atom stereocenters. The van der Waals surface area contributed by atoms with Crippen molar-refractivity contribution in [3.05, 3.63) is 20.8 Å². The molecular formula is C14H23BrN2S. The summed E-state index contributed by atoms with van der Waals surface area (Å²) in [6, 6.07) is 2.83. The molecule has 0 spiro atoms. The number of hydrogen-bond acceptors (Lipinski definition) is 3. The van der Waals surface area contributed by atoms with Gasteiger partial charge in [-0.2, -0.15) is 0 Å². The van der Waals surface area contributed by atoms with E-state index in [0.717, 1.165) is 19.6 Å². The quantitative estimate of drug-likeness (QED) is 0.888. The molecular weight excluding hydrogens is 308 g/mol. The van der Waals surface area contributed by atoms with E-state index in [-0.39, 0.29) is 0 Å². The number of hydrogen-bond donors (Lipinski definition) is 1. The summed E-state index contributed by atoms with van der Waals surface area (Å²) >= 11 is 5.49. The van der Waals surface area contributed by atoms with Crippen molar-refractivity contribution in [2.45, 2.75) is 45.2 Å². The monoisotopic (exact) mass is 330 g/mol. The first-order valence-corrected chi connectivity index (χ1v) is 8.59. The van der Waals surface area contributed by atoms with Crippen LogP contribution >= 0.6 is 27.3 Å². The van der Waals surface area contributed by atoms with E-state index in [1.807, 2.05) is 11.3 Å². The summed E-state index contributed by atoms with van der Waals surface area (Å²) < 4.78 is 1.26. The highest BCUT2D eigenvalue weighted by atomic mass is 79.9. The van der Waals surface area contributed by atoms with E-state index in [1.54, 1.807) is 0 Å². The summed E-state index contributed by atoms with van der Waals surface area (Å²) in [5.74, 6) is 0.692. The van der Waals surface area contributed by atoms with Crippen molar-refractivity contribution in [3.8, 4) is 0 Å². The molecule has 18 heavy (non-hydrogen) atoms. The third-order valence-electron chi connectivity index (χ3n) is 4.08. The van der Waals surface area contributed by atoms with E-state index in [9.17, 15) is 0 Å². The van der Waals surface area contributed by atoms with Gasteiger partial charge in [-0.1, -0.05) is 19.8 Å². The molecule has 4 heteroatoms. The van der Waals surface area contributed by atoms with E-state index >= 15 is 0 Å². The first-order valence-electron chi connectivity index (χ1n) is 6.92. The number of rotatable bonds is 5. The van der Waals surface area contributed by atoms with Gasteiger partial charge >= 0.3 is 0 Å². The first kappa shape index (κ1) is 14.5. The largest absolute Gasteiger partial charge is 0.330 e. The SMILES string of the molecule is CCN(Cc1sccc1Br)C1CCCCC1CN. The average Bonchev–Trinajstić information content (AvgIpc) is 2.81. The van der Waals surface area contributed by atoms with Crippen LogP contribution in [0.4, 0.5) is 0 Å². The molecule has 0 saturated heterocycles. The summed E-state index contributed by atoms with van der Waals surface area (Å²) in [5.41, 5.74) is 5.96. The molecule has 0 bridgehead atoms. The number of nitrogens with two attached hydrogens (primary N) is 1. The molecule has 2 N–H and O–H groups in total. The van der Waals surface area contributed by atoms with Gasteiger partial charge in [-0.3, -0.25) is 4.90 Å². The van der Waals surface area contributed by atoms with Crippen molar-refractivity contribution >= 4 is 27.3 Å². The van der Waals surface area contributed by atoms with Gasteiger partial charge in [-0.15, -0.1) is 11.3 Å². The van der Waals surface area contributed by atoms with E-state index in [4.69, 9.17) is 5.73 Å². The van der Waals surface area contributed by atoms with Gasteiger partial charge in [0, 0.05) is 21.9 Å². The Labute approximate surface area is 123 Å². The second-order valence-electron chi connectivity index (χ2n) is 5.10. The van der Waals surface area contributed by atoms with Gasteiger partial charge in [0.2, 0.25) is 0 Å². The minimum absolute atomic E-state index is 0.683. The second-order valence-corrected chi connectivity index (χ2v) is 6.96. The summed E-state index contributed by atoms with van der Waals surface area (Å²) in [6.45, 7) is 5.29. The van der Waals surface area contributed by atoms with Crippen LogP contribution in [0.15, 0.2) is 15.9 Å². The van der Waals surface area contributed by atoms with Crippen molar-refractivity contribution in [2.75, 3.05) is 13.1 Å². The smallest absolute Gasteiger partial charge is 0.0342 e. The van der Waals surface area contributed by atoms with Gasteiger partial charge in [0.05, 0.1) is 0 Å². The number of nitrogens with zero attached hydrogens (tertiary/aromatic N) is 1. The Kier molecular flexibility index (Phi) is 5.67. The molecule has 1 heterocycles. The summed E-state index contributed by atoms with van der Waals surface area (Å²) in [6.07, 6.45) is 5.35. The zero-order valence-corrected chi connectivity index (χ0v) is 13.5. The lowest BCUT2D eigenvalue weighted by Crippen LogP contribution is -2.44. The van der Waals surface area contributed by atoms with Gasteiger partial charge in [0.25, 0.3) is 0 Å².